The van der Waals surface area contributed by atoms with Gasteiger partial charge in [-0.05, 0) is 68.2 Å². The molecule has 4 fully saturated rings. The number of hydrogen-bond donors (Lipinski definition) is 3. The normalized spacial score (nSPS) is 22.6. The van der Waals surface area contributed by atoms with Gasteiger partial charge < -0.3 is 29.7 Å². The number of carbonyl (C=O) groups is 2. The van der Waals surface area contributed by atoms with Crippen LogP contribution in [0.5, 0.6) is 5.75 Å². The lowest BCUT2D eigenvalue weighted by Gasteiger charge is -2.40. The summed E-state index contributed by atoms with van der Waals surface area (Å²) in [6, 6.07) is 12.6. The van der Waals surface area contributed by atoms with Gasteiger partial charge in [-0.3, -0.25) is 29.3 Å². The van der Waals surface area contributed by atoms with Gasteiger partial charge in [0.1, 0.15) is 18.0 Å². The first-order chi connectivity index (χ1) is 29.0. The molecular formula is C43H49F2N11O4. The second-order valence-corrected chi connectivity index (χ2v) is 17.1. The summed E-state index contributed by atoms with van der Waals surface area (Å²) in [7, 11) is 3.55. The van der Waals surface area contributed by atoms with Crippen molar-refractivity contribution >= 4 is 62.3 Å². The van der Waals surface area contributed by atoms with Crippen LogP contribution in [-0.4, -0.2) is 105 Å². The quantitative estimate of drug-likeness (QED) is 0.186. The summed E-state index contributed by atoms with van der Waals surface area (Å²) in [5.74, 6) is -2.26. The highest BCUT2D eigenvalue weighted by Crippen LogP contribution is 2.46. The molecule has 2 atom stereocenters. The number of pyridine rings is 1. The van der Waals surface area contributed by atoms with Gasteiger partial charge in [-0.15, -0.1) is 0 Å². The topological polar surface area (TPSA) is 155 Å². The lowest BCUT2D eigenvalue weighted by atomic mass is 9.92. The van der Waals surface area contributed by atoms with Crippen molar-refractivity contribution in [2.45, 2.75) is 56.4 Å². The molecule has 10 rings (SSSR count). The Morgan fingerprint density at radius 1 is 0.900 bits per heavy atom. The van der Waals surface area contributed by atoms with E-state index in [1.807, 2.05) is 48.1 Å². The van der Waals surface area contributed by atoms with Crippen molar-refractivity contribution in [1.29, 1.82) is 0 Å². The van der Waals surface area contributed by atoms with Crippen molar-refractivity contribution in [3.63, 3.8) is 0 Å². The minimum Gasteiger partial charge on any atom is -0.480 e. The molecule has 3 aromatic heterocycles. The fourth-order valence-electron chi connectivity index (χ4n) is 9.71. The second kappa shape index (κ2) is 15.0. The summed E-state index contributed by atoms with van der Waals surface area (Å²) in [6.45, 7) is 5.68. The number of ether oxygens (including phenoxy) is 1. The van der Waals surface area contributed by atoms with E-state index in [-0.39, 0.29) is 23.5 Å². The number of hydrogen-bond acceptors (Lipinski definition) is 12. The number of piperazine rings is 1. The van der Waals surface area contributed by atoms with Crippen LogP contribution in [0.2, 0.25) is 0 Å². The van der Waals surface area contributed by atoms with Crippen LogP contribution in [0.25, 0.3) is 21.8 Å². The van der Waals surface area contributed by atoms with Crippen molar-refractivity contribution in [3.8, 4) is 5.75 Å². The predicted octanol–water partition coefficient (Wildman–Crippen LogP) is 4.74. The first-order valence-electron chi connectivity index (χ1n) is 21.1. The van der Waals surface area contributed by atoms with Gasteiger partial charge in [-0.2, -0.15) is 5.10 Å². The molecule has 2 aromatic carbocycles. The highest BCUT2D eigenvalue weighted by Gasteiger charge is 2.51. The number of aryl methyl sites for hydroxylation is 2. The summed E-state index contributed by atoms with van der Waals surface area (Å²) in [5, 5.41) is 15.3. The van der Waals surface area contributed by atoms with Crippen molar-refractivity contribution in [2.75, 3.05) is 72.9 Å². The Morgan fingerprint density at radius 2 is 1.70 bits per heavy atom. The minimum absolute atomic E-state index is 0.0814. The van der Waals surface area contributed by atoms with E-state index in [9.17, 15) is 14.4 Å². The monoisotopic (exact) mass is 821 g/mol. The number of para-hydroxylation sites is 1. The number of aromatic nitrogens is 5. The van der Waals surface area contributed by atoms with Crippen LogP contribution in [0.4, 0.5) is 37.5 Å². The Kier molecular flexibility index (Phi) is 9.60. The fourth-order valence-corrected chi connectivity index (χ4v) is 9.71. The van der Waals surface area contributed by atoms with Crippen molar-refractivity contribution < 1.29 is 23.1 Å². The molecule has 2 amide bonds. The number of anilines is 5. The van der Waals surface area contributed by atoms with Gasteiger partial charge in [0, 0.05) is 88.9 Å². The molecule has 5 aromatic rings. The zero-order valence-corrected chi connectivity index (χ0v) is 33.8. The van der Waals surface area contributed by atoms with E-state index >= 15 is 8.78 Å². The third-order valence-corrected chi connectivity index (χ3v) is 13.1. The highest BCUT2D eigenvalue weighted by molar-refractivity contribution is 6.03. The molecule has 0 bridgehead atoms. The van der Waals surface area contributed by atoms with Gasteiger partial charge in [-0.1, -0.05) is 12.1 Å². The van der Waals surface area contributed by atoms with E-state index in [0.717, 1.165) is 86.8 Å². The SMILES string of the molecule is Cn1nc(C2CCC(=O)NC2=O)c2cccc(N3CCN(CC4CCN(c5cc(Nc6ccc7c(c6)c6c(c(=O)n7C)OCC(F)(F)[C@H](C7CC7)N6)ncn5)CC4)CC3)c21. The molecule has 314 valence electrons. The average molecular weight is 822 g/mol. The van der Waals surface area contributed by atoms with Gasteiger partial charge in [0.2, 0.25) is 17.6 Å². The lowest BCUT2D eigenvalue weighted by molar-refractivity contribution is -0.134. The number of nitrogens with one attached hydrogen (secondary N) is 3. The highest BCUT2D eigenvalue weighted by atomic mass is 19.3. The zero-order chi connectivity index (χ0) is 41.3. The number of alkyl halides is 2. The minimum atomic E-state index is -3.11. The molecule has 5 aliphatic rings. The number of fused-ring (bicyclic) bond motifs is 4. The van der Waals surface area contributed by atoms with E-state index in [2.05, 4.69) is 46.7 Å². The maximum atomic E-state index is 15.1. The van der Waals surface area contributed by atoms with Crippen molar-refractivity contribution in [1.82, 2.24) is 34.5 Å². The number of piperidine rings is 2. The van der Waals surface area contributed by atoms with Crippen LogP contribution in [-0.2, 0) is 23.7 Å². The first kappa shape index (κ1) is 38.4. The second-order valence-electron chi connectivity index (χ2n) is 17.1. The van der Waals surface area contributed by atoms with Gasteiger partial charge in [0.25, 0.3) is 5.56 Å². The van der Waals surface area contributed by atoms with Crippen LogP contribution in [0, 0.1) is 11.8 Å². The smallest absolute Gasteiger partial charge is 0.301 e. The van der Waals surface area contributed by atoms with Gasteiger partial charge in [-0.25, -0.2) is 18.7 Å². The molecule has 0 radical (unpaired) electrons. The molecule has 1 unspecified atom stereocenters. The molecule has 1 saturated carbocycles. The van der Waals surface area contributed by atoms with Crippen LogP contribution in [0.1, 0.15) is 50.1 Å². The summed E-state index contributed by atoms with van der Waals surface area (Å²) in [4.78, 5) is 54.1. The Bertz CT molecular complexity index is 2560. The van der Waals surface area contributed by atoms with Crippen LogP contribution >= 0.6 is 0 Å². The zero-order valence-electron chi connectivity index (χ0n) is 33.8. The lowest BCUT2D eigenvalue weighted by Crippen LogP contribution is -2.49. The van der Waals surface area contributed by atoms with Crippen molar-refractivity contribution in [3.05, 3.63) is 64.8 Å². The van der Waals surface area contributed by atoms with E-state index < -0.39 is 30.0 Å². The number of nitrogens with zero attached hydrogens (tertiary/aromatic N) is 8. The molecular weight excluding hydrogens is 773 g/mol. The standard InChI is InChI=1S/C43H49F2N11O4/c1-52-31-10-8-27(20-30(31)37-39(42(52)59)60-23-43(44,45)40(50-37)26-6-7-26)48-33-21-34(47-24-46-33)56-14-12-25(13-15-56)22-54-16-18-55(19-17-54)32-5-3-4-28-36(51-53(2)38(28)32)29-9-11-35(57)49-41(29)58/h3-5,8,10,20-21,24-26,29,40,50H,6-7,9,11-19,22-23H2,1-2H3,(H,46,47,48)(H,49,57,58)/t29?,40-/m0/s1. The summed E-state index contributed by atoms with van der Waals surface area (Å²) in [5.41, 5.74) is 4.03. The van der Waals surface area contributed by atoms with Crippen molar-refractivity contribution in [2.24, 2.45) is 25.9 Å². The number of benzene rings is 2. The Labute approximate surface area is 345 Å². The van der Waals surface area contributed by atoms with Gasteiger partial charge >= 0.3 is 5.92 Å². The number of carbonyl (C=O) groups excluding carboxylic acids is 2. The summed E-state index contributed by atoms with van der Waals surface area (Å²) in [6.07, 6.45) is 5.88. The van der Waals surface area contributed by atoms with Crippen LogP contribution in [0.3, 0.4) is 0 Å². The van der Waals surface area contributed by atoms with Crippen LogP contribution in [0.15, 0.2) is 53.6 Å². The third-order valence-electron chi connectivity index (χ3n) is 13.1. The Hall–Kier alpha value is -5.84. The molecule has 0 spiro atoms. The largest absolute Gasteiger partial charge is 0.480 e. The molecule has 4 aliphatic heterocycles. The molecule has 1 aliphatic carbocycles. The number of amides is 2. The van der Waals surface area contributed by atoms with Crippen LogP contribution < -0.4 is 36.0 Å². The van der Waals surface area contributed by atoms with Gasteiger partial charge in [0.15, 0.2) is 6.61 Å². The Balaban J connectivity index is 0.765. The van der Waals surface area contributed by atoms with E-state index in [1.165, 1.54) is 4.57 Å². The molecule has 3 saturated heterocycles. The molecule has 3 N–H and O–H groups in total. The molecule has 60 heavy (non-hydrogen) atoms. The van der Waals surface area contributed by atoms with E-state index in [4.69, 9.17) is 9.84 Å². The molecule has 17 heteroatoms. The summed E-state index contributed by atoms with van der Waals surface area (Å²) < 4.78 is 39.1. The number of imide groups is 1. The Morgan fingerprint density at radius 3 is 2.47 bits per heavy atom. The summed E-state index contributed by atoms with van der Waals surface area (Å²) >= 11 is 0. The van der Waals surface area contributed by atoms with E-state index in [1.54, 1.807) is 13.4 Å². The predicted molar refractivity (Wildman–Crippen MR) is 225 cm³/mol. The third kappa shape index (κ3) is 7.05. The number of halogens is 2. The molecule has 15 nitrogen and oxygen atoms in total. The van der Waals surface area contributed by atoms with E-state index in [0.29, 0.717) is 59.7 Å². The maximum absolute atomic E-state index is 15.1. The first-order valence-corrected chi connectivity index (χ1v) is 21.1. The van der Waals surface area contributed by atoms with Gasteiger partial charge in [0.05, 0.1) is 40.1 Å². The maximum Gasteiger partial charge on any atom is 0.301 e. The fraction of sp³-hybridized carbons (Fsp3) is 0.488. The molecule has 7 heterocycles. The average Bonchev–Trinajstić information content (AvgIpc) is 4.05. The number of rotatable bonds is 8.